The Kier molecular flexibility index (Phi) is 3.89. The molecule has 1 fully saturated rings. The smallest absolute Gasteiger partial charge is 0.129 e. The third-order valence-corrected chi connectivity index (χ3v) is 3.88. The third kappa shape index (κ3) is 2.88. The van der Waals surface area contributed by atoms with Crippen LogP contribution in [0.4, 0.5) is 5.82 Å². The van der Waals surface area contributed by atoms with E-state index in [1.807, 2.05) is 12.3 Å². The molecular formula is C12H18N2S. The molecule has 0 aromatic carbocycles. The van der Waals surface area contributed by atoms with Crippen molar-refractivity contribution in [1.29, 1.82) is 0 Å². The van der Waals surface area contributed by atoms with E-state index in [-0.39, 0.29) is 0 Å². The van der Waals surface area contributed by atoms with E-state index in [9.17, 15) is 0 Å². The summed E-state index contributed by atoms with van der Waals surface area (Å²) >= 11 is 2.06. The number of hydrogen-bond donors (Lipinski definition) is 1. The highest BCUT2D eigenvalue weighted by Crippen LogP contribution is 2.21. The van der Waals surface area contributed by atoms with Crippen LogP contribution >= 0.6 is 11.8 Å². The van der Waals surface area contributed by atoms with Crippen molar-refractivity contribution in [2.75, 3.05) is 16.8 Å². The lowest BCUT2D eigenvalue weighted by Gasteiger charge is -2.24. The van der Waals surface area contributed by atoms with Gasteiger partial charge in [0.05, 0.1) is 0 Å². The van der Waals surface area contributed by atoms with E-state index in [1.165, 1.54) is 29.9 Å². The van der Waals surface area contributed by atoms with Crippen LogP contribution in [-0.2, 0) is 6.42 Å². The number of nitrogens with zero attached hydrogens (tertiary/aromatic N) is 1. The predicted molar refractivity (Wildman–Crippen MR) is 67.6 cm³/mol. The quantitative estimate of drug-likeness (QED) is 0.851. The summed E-state index contributed by atoms with van der Waals surface area (Å²) in [5.41, 5.74) is 1.33. The van der Waals surface area contributed by atoms with Gasteiger partial charge in [-0.25, -0.2) is 4.98 Å². The Bertz CT molecular complexity index is 308. The lowest BCUT2D eigenvalue weighted by Crippen LogP contribution is -2.25. The Morgan fingerprint density at radius 1 is 1.47 bits per heavy atom. The summed E-state index contributed by atoms with van der Waals surface area (Å²) in [5, 5.41) is 3.58. The molecule has 0 radical (unpaired) electrons. The van der Waals surface area contributed by atoms with Crippen molar-refractivity contribution in [3.8, 4) is 0 Å². The number of aryl methyl sites for hydroxylation is 1. The molecule has 1 aromatic heterocycles. The van der Waals surface area contributed by atoms with Gasteiger partial charge in [-0.3, -0.25) is 0 Å². The number of thioether (sulfide) groups is 1. The third-order valence-electron chi connectivity index (χ3n) is 2.83. The summed E-state index contributed by atoms with van der Waals surface area (Å²) < 4.78 is 0. The Hall–Kier alpha value is -0.700. The van der Waals surface area contributed by atoms with Gasteiger partial charge < -0.3 is 5.32 Å². The largest absolute Gasteiger partial charge is 0.367 e. The number of rotatable bonds is 3. The van der Waals surface area contributed by atoms with Crippen molar-refractivity contribution in [3.63, 3.8) is 0 Å². The Balaban J connectivity index is 2.02. The maximum atomic E-state index is 4.43. The molecule has 0 unspecified atom stereocenters. The molecule has 1 aromatic rings. The van der Waals surface area contributed by atoms with E-state index in [0.717, 1.165) is 12.2 Å². The van der Waals surface area contributed by atoms with E-state index < -0.39 is 0 Å². The fourth-order valence-corrected chi connectivity index (χ4v) is 3.00. The van der Waals surface area contributed by atoms with Crippen LogP contribution in [0.15, 0.2) is 18.3 Å². The molecule has 15 heavy (non-hydrogen) atoms. The molecule has 0 bridgehead atoms. The van der Waals surface area contributed by atoms with Gasteiger partial charge in [-0.2, -0.15) is 11.8 Å². The normalized spacial score (nSPS) is 17.7. The number of nitrogens with one attached hydrogen (secondary N) is 1. The molecule has 1 aliphatic rings. The second kappa shape index (κ2) is 5.40. The molecular weight excluding hydrogens is 204 g/mol. The minimum Gasteiger partial charge on any atom is -0.367 e. The second-order valence-corrected chi connectivity index (χ2v) is 5.12. The lowest BCUT2D eigenvalue weighted by atomic mass is 10.1. The average Bonchev–Trinajstić information content (AvgIpc) is 2.31. The molecule has 0 aliphatic carbocycles. The zero-order valence-electron chi connectivity index (χ0n) is 9.20. The summed E-state index contributed by atoms with van der Waals surface area (Å²) in [6.07, 6.45) is 5.46. The molecule has 1 aliphatic heterocycles. The molecule has 0 atom stereocenters. The van der Waals surface area contributed by atoms with Gasteiger partial charge in [0.2, 0.25) is 0 Å². The molecule has 1 saturated heterocycles. The van der Waals surface area contributed by atoms with Crippen molar-refractivity contribution in [2.24, 2.45) is 0 Å². The molecule has 2 heterocycles. The van der Waals surface area contributed by atoms with E-state index >= 15 is 0 Å². The molecule has 0 saturated carbocycles. The molecule has 1 N–H and O–H groups in total. The standard InChI is InChI=1S/C12H18N2S/c1-2-10-4-3-7-13-12(10)14-11-5-8-15-9-6-11/h3-4,7,11H,2,5-6,8-9H2,1H3,(H,13,14). The fourth-order valence-electron chi connectivity index (χ4n) is 1.89. The fraction of sp³-hybridized carbons (Fsp3) is 0.583. The van der Waals surface area contributed by atoms with Gasteiger partial charge in [-0.15, -0.1) is 0 Å². The Labute approximate surface area is 95.9 Å². The van der Waals surface area contributed by atoms with Gasteiger partial charge in [-0.05, 0) is 42.4 Å². The van der Waals surface area contributed by atoms with Crippen molar-refractivity contribution >= 4 is 17.6 Å². The number of anilines is 1. The highest BCUT2D eigenvalue weighted by atomic mass is 32.2. The zero-order valence-corrected chi connectivity index (χ0v) is 10.0. The summed E-state index contributed by atoms with van der Waals surface area (Å²) in [6.45, 7) is 2.18. The van der Waals surface area contributed by atoms with Crippen LogP contribution in [0.3, 0.4) is 0 Å². The van der Waals surface area contributed by atoms with Crippen LogP contribution in [-0.4, -0.2) is 22.5 Å². The highest BCUT2D eigenvalue weighted by molar-refractivity contribution is 7.99. The molecule has 0 amide bonds. The van der Waals surface area contributed by atoms with Crippen LogP contribution in [0.2, 0.25) is 0 Å². The molecule has 0 spiro atoms. The van der Waals surface area contributed by atoms with Gasteiger partial charge >= 0.3 is 0 Å². The number of aromatic nitrogens is 1. The van der Waals surface area contributed by atoms with Gasteiger partial charge in [0, 0.05) is 12.2 Å². The van der Waals surface area contributed by atoms with Crippen molar-refractivity contribution in [3.05, 3.63) is 23.9 Å². The van der Waals surface area contributed by atoms with E-state index in [2.05, 4.69) is 35.1 Å². The minimum absolute atomic E-state index is 0.631. The van der Waals surface area contributed by atoms with Crippen molar-refractivity contribution in [2.45, 2.75) is 32.2 Å². The van der Waals surface area contributed by atoms with Crippen molar-refractivity contribution in [1.82, 2.24) is 4.98 Å². The topological polar surface area (TPSA) is 24.9 Å². The summed E-state index contributed by atoms with van der Waals surface area (Å²) in [6, 6.07) is 4.81. The van der Waals surface area contributed by atoms with Crippen LogP contribution in [0.1, 0.15) is 25.3 Å². The SMILES string of the molecule is CCc1cccnc1NC1CCSCC1. The van der Waals surface area contributed by atoms with Crippen LogP contribution in [0, 0.1) is 0 Å². The van der Waals surface area contributed by atoms with Gasteiger partial charge in [0.25, 0.3) is 0 Å². The van der Waals surface area contributed by atoms with Crippen molar-refractivity contribution < 1.29 is 0 Å². The average molecular weight is 222 g/mol. The first-order valence-corrected chi connectivity index (χ1v) is 6.84. The van der Waals surface area contributed by atoms with Crippen LogP contribution in [0.25, 0.3) is 0 Å². The first-order chi connectivity index (χ1) is 7.40. The summed E-state index contributed by atoms with van der Waals surface area (Å²) in [5.74, 6) is 3.66. The Morgan fingerprint density at radius 2 is 2.27 bits per heavy atom. The first-order valence-electron chi connectivity index (χ1n) is 5.68. The highest BCUT2D eigenvalue weighted by Gasteiger charge is 2.14. The molecule has 2 rings (SSSR count). The molecule has 2 nitrogen and oxygen atoms in total. The lowest BCUT2D eigenvalue weighted by molar-refractivity contribution is 0.662. The monoisotopic (exact) mass is 222 g/mol. The Morgan fingerprint density at radius 3 is 3.00 bits per heavy atom. The second-order valence-electron chi connectivity index (χ2n) is 3.90. The number of pyridine rings is 1. The van der Waals surface area contributed by atoms with Gasteiger partial charge in [-0.1, -0.05) is 13.0 Å². The summed E-state index contributed by atoms with van der Waals surface area (Å²) in [7, 11) is 0. The van der Waals surface area contributed by atoms with Gasteiger partial charge in [0.15, 0.2) is 0 Å². The maximum absolute atomic E-state index is 4.43. The minimum atomic E-state index is 0.631. The zero-order chi connectivity index (χ0) is 10.5. The van der Waals surface area contributed by atoms with E-state index in [1.54, 1.807) is 0 Å². The molecule has 3 heteroatoms. The maximum Gasteiger partial charge on any atom is 0.129 e. The predicted octanol–water partition coefficient (Wildman–Crippen LogP) is 2.95. The summed E-state index contributed by atoms with van der Waals surface area (Å²) in [4.78, 5) is 4.43. The van der Waals surface area contributed by atoms with Crippen LogP contribution in [0.5, 0.6) is 0 Å². The number of hydrogen-bond acceptors (Lipinski definition) is 3. The van der Waals surface area contributed by atoms with Crippen LogP contribution < -0.4 is 5.32 Å². The van der Waals surface area contributed by atoms with Gasteiger partial charge in [0.1, 0.15) is 5.82 Å². The first kappa shape index (κ1) is 10.8. The van der Waals surface area contributed by atoms with E-state index in [0.29, 0.717) is 6.04 Å². The van der Waals surface area contributed by atoms with E-state index in [4.69, 9.17) is 0 Å². The molecule has 82 valence electrons.